The third-order valence-corrected chi connectivity index (χ3v) is 3.37. The molecule has 4 aromatic rings. The predicted octanol–water partition coefficient (Wildman–Crippen LogP) is 1.43. The molecule has 0 amide bonds. The Bertz CT molecular complexity index is 993. The van der Waals surface area contributed by atoms with Crippen LogP contribution < -0.4 is 5.56 Å². The summed E-state index contributed by atoms with van der Waals surface area (Å²) >= 11 is 0. The van der Waals surface area contributed by atoms with Gasteiger partial charge in [-0.1, -0.05) is 5.16 Å². The zero-order valence-corrected chi connectivity index (χ0v) is 11.6. The molecule has 8 nitrogen and oxygen atoms in total. The zero-order chi connectivity index (χ0) is 15.1. The van der Waals surface area contributed by atoms with E-state index < -0.39 is 0 Å². The first-order valence-corrected chi connectivity index (χ1v) is 6.59. The first-order chi connectivity index (χ1) is 10.7. The van der Waals surface area contributed by atoms with Crippen LogP contribution in [0.4, 0.5) is 0 Å². The van der Waals surface area contributed by atoms with Gasteiger partial charge in [0.25, 0.3) is 5.56 Å². The minimum atomic E-state index is -0.166. The van der Waals surface area contributed by atoms with Crippen molar-refractivity contribution in [3.8, 4) is 11.5 Å². The maximum Gasteiger partial charge on any atom is 0.264 e. The summed E-state index contributed by atoms with van der Waals surface area (Å²) in [6.07, 6.45) is 4.55. The molecule has 0 spiro atoms. The van der Waals surface area contributed by atoms with Crippen molar-refractivity contribution < 1.29 is 8.94 Å². The highest BCUT2D eigenvalue weighted by Gasteiger charge is 2.12. The van der Waals surface area contributed by atoms with Crippen LogP contribution in [0.25, 0.3) is 22.6 Å². The molecule has 0 saturated carbocycles. The van der Waals surface area contributed by atoms with Crippen molar-refractivity contribution >= 4 is 11.0 Å². The third-order valence-electron chi connectivity index (χ3n) is 3.37. The molecule has 22 heavy (non-hydrogen) atoms. The van der Waals surface area contributed by atoms with E-state index in [-0.39, 0.29) is 12.1 Å². The topological polar surface area (TPSA) is 91.9 Å². The molecule has 0 fully saturated rings. The van der Waals surface area contributed by atoms with Crippen LogP contribution in [0.1, 0.15) is 5.69 Å². The van der Waals surface area contributed by atoms with Gasteiger partial charge in [0.15, 0.2) is 11.4 Å². The second kappa shape index (κ2) is 4.69. The summed E-state index contributed by atoms with van der Waals surface area (Å²) in [4.78, 5) is 16.6. The summed E-state index contributed by atoms with van der Waals surface area (Å²) in [5.74, 6) is 1.11. The molecule has 4 rings (SSSR count). The fraction of sp³-hybridized carbons (Fsp3) is 0.143. The maximum atomic E-state index is 12.4. The number of aryl methyl sites for hydroxylation is 1. The Morgan fingerprint density at radius 1 is 1.32 bits per heavy atom. The smallest absolute Gasteiger partial charge is 0.264 e. The molecule has 0 unspecified atom stereocenters. The van der Waals surface area contributed by atoms with Gasteiger partial charge in [0.1, 0.15) is 17.4 Å². The van der Waals surface area contributed by atoms with Gasteiger partial charge >= 0.3 is 0 Å². The SMILES string of the molecule is Cn1ncc2c(=O)n(Cc3cc(-c4ccco4)on3)cnc21. The first kappa shape index (κ1) is 12.6. The lowest BCUT2D eigenvalue weighted by molar-refractivity contribution is 0.408. The number of nitrogens with zero attached hydrogens (tertiary/aromatic N) is 5. The van der Waals surface area contributed by atoms with Crippen LogP contribution in [0, 0.1) is 0 Å². The molecular formula is C14H11N5O3. The van der Waals surface area contributed by atoms with E-state index in [2.05, 4.69) is 15.2 Å². The van der Waals surface area contributed by atoms with Gasteiger partial charge in [-0.25, -0.2) is 4.98 Å². The van der Waals surface area contributed by atoms with Gasteiger partial charge in [-0.3, -0.25) is 14.0 Å². The molecule has 0 aliphatic carbocycles. The van der Waals surface area contributed by atoms with Gasteiger partial charge in [0.05, 0.1) is 19.0 Å². The largest absolute Gasteiger partial charge is 0.461 e. The second-order valence-corrected chi connectivity index (χ2v) is 4.84. The quantitative estimate of drug-likeness (QED) is 0.568. The Kier molecular flexibility index (Phi) is 2.68. The van der Waals surface area contributed by atoms with Crippen molar-refractivity contribution in [2.24, 2.45) is 7.05 Å². The number of hydrogen-bond acceptors (Lipinski definition) is 6. The molecule has 0 N–H and O–H groups in total. The summed E-state index contributed by atoms with van der Waals surface area (Å²) in [6, 6.07) is 5.28. The number of hydrogen-bond donors (Lipinski definition) is 0. The van der Waals surface area contributed by atoms with Gasteiger partial charge in [0.2, 0.25) is 5.76 Å². The Morgan fingerprint density at radius 2 is 2.23 bits per heavy atom. The molecule has 0 aliphatic heterocycles. The van der Waals surface area contributed by atoms with Crippen LogP contribution in [0.5, 0.6) is 0 Å². The number of aromatic nitrogens is 5. The Morgan fingerprint density at radius 3 is 3.05 bits per heavy atom. The number of furan rings is 1. The predicted molar refractivity (Wildman–Crippen MR) is 76.1 cm³/mol. The van der Waals surface area contributed by atoms with Crippen LogP contribution in [0.15, 0.2) is 50.7 Å². The van der Waals surface area contributed by atoms with E-state index in [9.17, 15) is 4.79 Å². The van der Waals surface area contributed by atoms with Gasteiger partial charge in [-0.15, -0.1) is 0 Å². The van der Waals surface area contributed by atoms with Crippen molar-refractivity contribution in [3.05, 3.63) is 53.0 Å². The highest BCUT2D eigenvalue weighted by Crippen LogP contribution is 2.20. The van der Waals surface area contributed by atoms with Crippen molar-refractivity contribution in [1.82, 2.24) is 24.5 Å². The van der Waals surface area contributed by atoms with Gasteiger partial charge in [0, 0.05) is 13.1 Å². The minimum Gasteiger partial charge on any atom is -0.461 e. The van der Waals surface area contributed by atoms with E-state index in [0.29, 0.717) is 28.2 Å². The highest BCUT2D eigenvalue weighted by molar-refractivity contribution is 5.72. The van der Waals surface area contributed by atoms with E-state index >= 15 is 0 Å². The van der Waals surface area contributed by atoms with Crippen LogP contribution >= 0.6 is 0 Å². The fourth-order valence-corrected chi connectivity index (χ4v) is 2.27. The van der Waals surface area contributed by atoms with E-state index in [1.807, 2.05) is 0 Å². The third kappa shape index (κ3) is 1.93. The average Bonchev–Trinajstić information content (AvgIpc) is 3.23. The molecule has 0 aromatic carbocycles. The molecule has 4 heterocycles. The normalized spacial score (nSPS) is 11.3. The summed E-state index contributed by atoms with van der Waals surface area (Å²) in [5.41, 5.74) is 0.997. The molecule has 0 atom stereocenters. The van der Waals surface area contributed by atoms with Crippen molar-refractivity contribution in [1.29, 1.82) is 0 Å². The Hall–Kier alpha value is -3.16. The summed E-state index contributed by atoms with van der Waals surface area (Å²) in [7, 11) is 1.74. The number of fused-ring (bicyclic) bond motifs is 1. The standard InChI is InChI=1S/C14H11N5O3/c1-18-13-10(6-16-18)14(20)19(8-15-13)7-9-5-12(22-17-9)11-3-2-4-21-11/h2-6,8H,7H2,1H3. The lowest BCUT2D eigenvalue weighted by Crippen LogP contribution is -2.21. The monoisotopic (exact) mass is 297 g/mol. The molecular weight excluding hydrogens is 286 g/mol. The van der Waals surface area contributed by atoms with E-state index in [1.54, 1.807) is 36.2 Å². The van der Waals surface area contributed by atoms with Crippen LogP contribution in [0.2, 0.25) is 0 Å². The molecule has 110 valence electrons. The van der Waals surface area contributed by atoms with E-state index in [4.69, 9.17) is 8.94 Å². The van der Waals surface area contributed by atoms with E-state index in [1.165, 1.54) is 17.1 Å². The summed E-state index contributed by atoms with van der Waals surface area (Å²) < 4.78 is 13.5. The lowest BCUT2D eigenvalue weighted by Gasteiger charge is -2.01. The van der Waals surface area contributed by atoms with Crippen LogP contribution in [0.3, 0.4) is 0 Å². The van der Waals surface area contributed by atoms with Gasteiger partial charge in [-0.2, -0.15) is 5.10 Å². The molecule has 0 radical (unpaired) electrons. The van der Waals surface area contributed by atoms with Crippen molar-refractivity contribution in [2.75, 3.05) is 0 Å². The summed E-state index contributed by atoms with van der Waals surface area (Å²) in [5, 5.41) is 8.46. The molecule has 4 aromatic heterocycles. The fourth-order valence-electron chi connectivity index (χ4n) is 2.27. The lowest BCUT2D eigenvalue weighted by atomic mass is 10.3. The Balaban J connectivity index is 1.69. The average molecular weight is 297 g/mol. The molecule has 0 bridgehead atoms. The Labute approximate surface area is 123 Å². The van der Waals surface area contributed by atoms with Crippen molar-refractivity contribution in [2.45, 2.75) is 6.54 Å². The van der Waals surface area contributed by atoms with Gasteiger partial charge < -0.3 is 8.94 Å². The minimum absolute atomic E-state index is 0.166. The maximum absolute atomic E-state index is 12.4. The van der Waals surface area contributed by atoms with Crippen LogP contribution in [-0.2, 0) is 13.6 Å². The first-order valence-electron chi connectivity index (χ1n) is 6.59. The van der Waals surface area contributed by atoms with E-state index in [0.717, 1.165) is 0 Å². The molecule has 0 saturated heterocycles. The second-order valence-electron chi connectivity index (χ2n) is 4.84. The van der Waals surface area contributed by atoms with Gasteiger partial charge in [-0.05, 0) is 12.1 Å². The molecule has 0 aliphatic rings. The van der Waals surface area contributed by atoms with Crippen LogP contribution in [-0.4, -0.2) is 24.5 Å². The number of rotatable bonds is 3. The zero-order valence-electron chi connectivity index (χ0n) is 11.6. The van der Waals surface area contributed by atoms with Crippen molar-refractivity contribution in [3.63, 3.8) is 0 Å². The highest BCUT2D eigenvalue weighted by atomic mass is 16.5. The molecule has 8 heteroatoms. The summed E-state index contributed by atoms with van der Waals surface area (Å²) in [6.45, 7) is 0.265.